The molecule has 3 heterocycles. The van der Waals surface area contributed by atoms with Crippen molar-refractivity contribution in [1.29, 1.82) is 0 Å². The van der Waals surface area contributed by atoms with E-state index in [9.17, 15) is 19.5 Å². The van der Waals surface area contributed by atoms with Crippen LogP contribution in [0.1, 0.15) is 43.0 Å². The highest BCUT2D eigenvalue weighted by Crippen LogP contribution is 2.27. The number of hydrogen-bond donors (Lipinski definition) is 2. The van der Waals surface area contributed by atoms with Crippen LogP contribution in [-0.4, -0.2) is 83.5 Å². The molecular weight excluding hydrogens is 422 g/mol. The van der Waals surface area contributed by atoms with Crippen LogP contribution >= 0.6 is 0 Å². The topological polar surface area (TPSA) is 106 Å². The number of fused-ring (bicyclic) bond motifs is 1. The van der Waals surface area contributed by atoms with E-state index in [1.807, 2.05) is 11.8 Å². The number of nitrogens with one attached hydrogen (secondary N) is 1. The number of carboxylic acid groups (broad SMARTS) is 1. The van der Waals surface area contributed by atoms with Crippen molar-refractivity contribution in [2.75, 3.05) is 56.0 Å². The Hall–Kier alpha value is -3.20. The zero-order chi connectivity index (χ0) is 23.4. The quantitative estimate of drug-likeness (QED) is 0.663. The molecular formula is C24H31N5O4. The molecule has 2 aromatic rings. The zero-order valence-electron chi connectivity index (χ0n) is 19.0. The Balaban J connectivity index is 1.47. The van der Waals surface area contributed by atoms with Gasteiger partial charge in [-0.25, -0.2) is 9.78 Å². The molecule has 176 valence electrons. The van der Waals surface area contributed by atoms with E-state index in [0.717, 1.165) is 45.4 Å². The lowest BCUT2D eigenvalue weighted by molar-refractivity contribution is -0.131. The van der Waals surface area contributed by atoms with Crippen molar-refractivity contribution in [3.63, 3.8) is 0 Å². The Kier molecular flexibility index (Phi) is 7.08. The van der Waals surface area contributed by atoms with Gasteiger partial charge in [0.1, 0.15) is 5.82 Å². The predicted octanol–water partition coefficient (Wildman–Crippen LogP) is 2.42. The number of likely N-dealkylation sites (tertiary alicyclic amines) is 1. The minimum absolute atomic E-state index is 0.0978. The number of piperazine rings is 1. The van der Waals surface area contributed by atoms with E-state index in [-0.39, 0.29) is 17.4 Å². The number of aromatic nitrogens is 1. The van der Waals surface area contributed by atoms with Gasteiger partial charge in [0.25, 0.3) is 0 Å². The molecule has 1 aromatic carbocycles. The number of anilines is 2. The first-order chi connectivity index (χ1) is 15.9. The SMILES string of the molecule is CCCC(=O)Nc1ccc2nc(N3CCN(CC(=O)N4CCCC4)CC3)cc(C(=O)O)c2c1. The number of pyridine rings is 1. The maximum Gasteiger partial charge on any atom is 0.336 e. The van der Waals surface area contributed by atoms with Crippen molar-refractivity contribution in [2.24, 2.45) is 0 Å². The van der Waals surface area contributed by atoms with E-state index in [2.05, 4.69) is 15.1 Å². The van der Waals surface area contributed by atoms with Gasteiger partial charge in [0.05, 0.1) is 17.6 Å². The van der Waals surface area contributed by atoms with Gasteiger partial charge in [0.15, 0.2) is 0 Å². The first-order valence-electron chi connectivity index (χ1n) is 11.7. The lowest BCUT2D eigenvalue weighted by Crippen LogP contribution is -2.50. The van der Waals surface area contributed by atoms with Gasteiger partial charge < -0.3 is 20.2 Å². The van der Waals surface area contributed by atoms with Crippen LogP contribution in [0.3, 0.4) is 0 Å². The molecule has 0 saturated carbocycles. The lowest BCUT2D eigenvalue weighted by Gasteiger charge is -2.35. The van der Waals surface area contributed by atoms with Crippen molar-refractivity contribution in [1.82, 2.24) is 14.8 Å². The third-order valence-electron chi connectivity index (χ3n) is 6.30. The number of hydrogen-bond acceptors (Lipinski definition) is 6. The largest absolute Gasteiger partial charge is 0.478 e. The molecule has 9 heteroatoms. The average Bonchev–Trinajstić information content (AvgIpc) is 3.34. The van der Waals surface area contributed by atoms with Crippen molar-refractivity contribution in [2.45, 2.75) is 32.6 Å². The number of carbonyl (C=O) groups excluding carboxylic acids is 2. The molecule has 2 saturated heterocycles. The average molecular weight is 454 g/mol. The summed E-state index contributed by atoms with van der Waals surface area (Å²) in [6.45, 7) is 6.90. The smallest absolute Gasteiger partial charge is 0.336 e. The van der Waals surface area contributed by atoms with Crippen molar-refractivity contribution in [3.8, 4) is 0 Å². The van der Waals surface area contributed by atoms with Crippen LogP contribution in [0.2, 0.25) is 0 Å². The zero-order valence-corrected chi connectivity index (χ0v) is 19.0. The van der Waals surface area contributed by atoms with E-state index < -0.39 is 5.97 Å². The molecule has 0 atom stereocenters. The number of aromatic carboxylic acids is 1. The fourth-order valence-electron chi connectivity index (χ4n) is 4.47. The molecule has 2 N–H and O–H groups in total. The van der Waals surface area contributed by atoms with Gasteiger partial charge in [-0.1, -0.05) is 6.92 Å². The monoisotopic (exact) mass is 453 g/mol. The van der Waals surface area contributed by atoms with E-state index in [1.165, 1.54) is 0 Å². The lowest BCUT2D eigenvalue weighted by atomic mass is 10.1. The van der Waals surface area contributed by atoms with Crippen LogP contribution in [0.5, 0.6) is 0 Å². The molecule has 1 aromatic heterocycles. The van der Waals surface area contributed by atoms with Crippen LogP contribution in [0.4, 0.5) is 11.5 Å². The molecule has 2 fully saturated rings. The summed E-state index contributed by atoms with van der Waals surface area (Å²) < 4.78 is 0. The summed E-state index contributed by atoms with van der Waals surface area (Å²) in [5.41, 5.74) is 1.30. The molecule has 2 aliphatic rings. The first kappa shape index (κ1) is 23.0. The van der Waals surface area contributed by atoms with E-state index in [1.54, 1.807) is 24.3 Å². The summed E-state index contributed by atoms with van der Waals surface area (Å²) in [7, 11) is 0. The normalized spacial score (nSPS) is 16.9. The summed E-state index contributed by atoms with van der Waals surface area (Å²) in [4.78, 5) is 47.2. The summed E-state index contributed by atoms with van der Waals surface area (Å²) in [5.74, 6) is -0.317. The van der Waals surface area contributed by atoms with Crippen molar-refractivity contribution < 1.29 is 19.5 Å². The second kappa shape index (κ2) is 10.2. The highest BCUT2D eigenvalue weighted by Gasteiger charge is 2.25. The number of carboxylic acids is 1. The first-order valence-corrected chi connectivity index (χ1v) is 11.7. The van der Waals surface area contributed by atoms with Crippen LogP contribution in [0.15, 0.2) is 24.3 Å². The summed E-state index contributed by atoms with van der Waals surface area (Å²) >= 11 is 0. The maximum absolute atomic E-state index is 12.4. The molecule has 2 amide bonds. The fourth-order valence-corrected chi connectivity index (χ4v) is 4.47. The van der Waals surface area contributed by atoms with Gasteiger partial charge in [-0.2, -0.15) is 0 Å². The molecule has 4 rings (SSSR count). The molecule has 0 spiro atoms. The Labute approximate surface area is 193 Å². The van der Waals surface area contributed by atoms with E-state index in [0.29, 0.717) is 48.5 Å². The van der Waals surface area contributed by atoms with Crippen LogP contribution in [0, 0.1) is 0 Å². The highest BCUT2D eigenvalue weighted by atomic mass is 16.4. The molecule has 33 heavy (non-hydrogen) atoms. The third kappa shape index (κ3) is 5.42. The van der Waals surface area contributed by atoms with Gasteiger partial charge in [0.2, 0.25) is 11.8 Å². The van der Waals surface area contributed by atoms with Gasteiger partial charge in [-0.05, 0) is 43.5 Å². The molecule has 0 radical (unpaired) electrons. The summed E-state index contributed by atoms with van der Waals surface area (Å²) in [6, 6.07) is 6.77. The number of amides is 2. The Morgan fingerprint density at radius 3 is 2.42 bits per heavy atom. The van der Waals surface area contributed by atoms with Crippen molar-refractivity contribution >= 4 is 40.2 Å². The Morgan fingerprint density at radius 2 is 1.76 bits per heavy atom. The predicted molar refractivity (Wildman–Crippen MR) is 127 cm³/mol. The second-order valence-corrected chi connectivity index (χ2v) is 8.71. The minimum Gasteiger partial charge on any atom is -0.478 e. The Morgan fingerprint density at radius 1 is 1.03 bits per heavy atom. The molecule has 2 aliphatic heterocycles. The molecule has 0 aliphatic carbocycles. The van der Waals surface area contributed by atoms with Crippen LogP contribution in [-0.2, 0) is 9.59 Å². The van der Waals surface area contributed by atoms with Gasteiger partial charge in [-0.3, -0.25) is 14.5 Å². The van der Waals surface area contributed by atoms with Gasteiger partial charge in [0, 0.05) is 56.8 Å². The van der Waals surface area contributed by atoms with Gasteiger partial charge >= 0.3 is 5.97 Å². The summed E-state index contributed by atoms with van der Waals surface area (Å²) in [6.07, 6.45) is 3.33. The summed E-state index contributed by atoms with van der Waals surface area (Å²) in [5, 5.41) is 13.1. The van der Waals surface area contributed by atoms with Crippen molar-refractivity contribution in [3.05, 3.63) is 29.8 Å². The number of benzene rings is 1. The molecule has 9 nitrogen and oxygen atoms in total. The van der Waals surface area contributed by atoms with E-state index in [4.69, 9.17) is 4.98 Å². The maximum atomic E-state index is 12.4. The standard InChI is InChI=1S/C24H31N5O4/c1-2-5-22(30)25-17-6-7-20-18(14-17)19(24(32)33)15-21(26-20)28-12-10-27(11-13-28)16-23(31)29-8-3-4-9-29/h6-7,14-15H,2-5,8-13,16H2,1H3,(H,25,30)(H,32,33). The molecule has 0 unspecified atom stereocenters. The number of nitrogens with zero attached hydrogens (tertiary/aromatic N) is 4. The van der Waals surface area contributed by atoms with Crippen LogP contribution < -0.4 is 10.2 Å². The van der Waals surface area contributed by atoms with Crippen LogP contribution in [0.25, 0.3) is 10.9 Å². The van der Waals surface area contributed by atoms with Gasteiger partial charge in [-0.15, -0.1) is 0 Å². The highest BCUT2D eigenvalue weighted by molar-refractivity contribution is 6.05. The molecule has 0 bridgehead atoms. The second-order valence-electron chi connectivity index (χ2n) is 8.71. The third-order valence-corrected chi connectivity index (χ3v) is 6.30. The number of carbonyl (C=O) groups is 3. The minimum atomic E-state index is -1.03. The number of rotatable bonds is 7. The Bertz CT molecular complexity index is 1040. The fraction of sp³-hybridized carbons (Fsp3) is 0.500. The van der Waals surface area contributed by atoms with E-state index >= 15 is 0 Å².